The number of hydrogen-bond acceptors (Lipinski definition) is 6. The number of methoxy groups -OCH3 is 1. The van der Waals surface area contributed by atoms with E-state index in [1.165, 1.54) is 0 Å². The highest BCUT2D eigenvalue weighted by Gasteiger charge is 2.34. The van der Waals surface area contributed by atoms with Gasteiger partial charge in [-0.1, -0.05) is 0 Å². The van der Waals surface area contributed by atoms with E-state index in [9.17, 15) is 0 Å². The van der Waals surface area contributed by atoms with Crippen LogP contribution in [0.25, 0.3) is 0 Å². The summed E-state index contributed by atoms with van der Waals surface area (Å²) < 4.78 is 12.3. The highest BCUT2D eigenvalue weighted by molar-refractivity contribution is 4.92. The minimum Gasteiger partial charge on any atom is -0.383 e. The van der Waals surface area contributed by atoms with Gasteiger partial charge in [0, 0.05) is 20.3 Å². The Hall–Kier alpha value is -1.05. The predicted molar refractivity (Wildman–Crippen MR) is 60.5 cm³/mol. The van der Waals surface area contributed by atoms with E-state index in [0.717, 1.165) is 25.4 Å². The lowest BCUT2D eigenvalue weighted by atomic mass is 10.0. The van der Waals surface area contributed by atoms with Gasteiger partial charge in [-0.2, -0.15) is 0 Å². The van der Waals surface area contributed by atoms with Gasteiger partial charge in [-0.05, 0) is 23.8 Å². The lowest BCUT2D eigenvalue weighted by Gasteiger charge is -2.22. The van der Waals surface area contributed by atoms with Crippen molar-refractivity contribution in [3.05, 3.63) is 5.82 Å². The smallest absolute Gasteiger partial charge is 0.165 e. The molecule has 1 saturated heterocycles. The predicted octanol–water partition coefficient (Wildman–Crippen LogP) is -0.455. The molecule has 0 radical (unpaired) electrons. The lowest BCUT2D eigenvalue weighted by molar-refractivity contribution is 0.152. The fourth-order valence-corrected chi connectivity index (χ4v) is 1.93. The van der Waals surface area contributed by atoms with Gasteiger partial charge in [-0.25, -0.2) is 4.68 Å². The van der Waals surface area contributed by atoms with Crippen LogP contribution in [0.1, 0.15) is 19.2 Å². The molecule has 1 aliphatic rings. The normalized spacial score (nSPS) is 24.4. The van der Waals surface area contributed by atoms with Gasteiger partial charge >= 0.3 is 0 Å². The van der Waals surface area contributed by atoms with Crippen LogP contribution in [0.3, 0.4) is 0 Å². The van der Waals surface area contributed by atoms with Crippen molar-refractivity contribution in [2.24, 2.45) is 0 Å². The minimum absolute atomic E-state index is 0.109. The number of nitrogens with zero attached hydrogens (tertiary/aromatic N) is 4. The van der Waals surface area contributed by atoms with Crippen molar-refractivity contribution in [1.82, 2.24) is 25.5 Å². The second-order valence-electron chi connectivity index (χ2n) is 4.48. The number of rotatable bonds is 6. The first-order valence-corrected chi connectivity index (χ1v) is 5.81. The van der Waals surface area contributed by atoms with E-state index < -0.39 is 0 Å². The van der Waals surface area contributed by atoms with Gasteiger partial charge in [0.1, 0.15) is 0 Å². The van der Waals surface area contributed by atoms with Crippen LogP contribution in [0.15, 0.2) is 0 Å². The number of nitrogens with one attached hydrogen (secondary N) is 1. The molecule has 2 rings (SSSR count). The Morgan fingerprint density at radius 2 is 2.47 bits per heavy atom. The lowest BCUT2D eigenvalue weighted by Crippen LogP contribution is -2.34. The summed E-state index contributed by atoms with van der Waals surface area (Å²) in [4.78, 5) is 0. The third-order valence-electron chi connectivity index (χ3n) is 3.01. The van der Waals surface area contributed by atoms with Crippen molar-refractivity contribution >= 4 is 0 Å². The van der Waals surface area contributed by atoms with Gasteiger partial charge in [0.15, 0.2) is 5.82 Å². The molecule has 0 aromatic carbocycles. The van der Waals surface area contributed by atoms with E-state index in [0.29, 0.717) is 19.8 Å². The van der Waals surface area contributed by atoms with Crippen LogP contribution in [-0.2, 0) is 21.6 Å². The van der Waals surface area contributed by atoms with E-state index in [1.807, 2.05) is 4.68 Å². The van der Waals surface area contributed by atoms with Crippen molar-refractivity contribution in [2.45, 2.75) is 25.4 Å². The molecule has 1 fully saturated rings. The summed E-state index contributed by atoms with van der Waals surface area (Å²) >= 11 is 0. The molecule has 0 bridgehead atoms. The molecule has 96 valence electrons. The zero-order chi connectivity index (χ0) is 12.1. The Morgan fingerprint density at radius 1 is 1.59 bits per heavy atom. The van der Waals surface area contributed by atoms with Crippen molar-refractivity contribution in [2.75, 3.05) is 33.5 Å². The fraction of sp³-hybridized carbons (Fsp3) is 0.900. The highest BCUT2D eigenvalue weighted by atomic mass is 16.5. The largest absolute Gasteiger partial charge is 0.383 e. The molecule has 1 aromatic heterocycles. The molecule has 1 aromatic rings. The maximum Gasteiger partial charge on any atom is 0.165 e. The molecule has 0 spiro atoms. The summed E-state index contributed by atoms with van der Waals surface area (Å²) in [6.07, 6.45) is 0.948. The third kappa shape index (κ3) is 2.80. The van der Waals surface area contributed by atoms with Crippen molar-refractivity contribution in [1.29, 1.82) is 0 Å². The molecule has 0 aliphatic carbocycles. The number of hydrogen-bond donors (Lipinski definition) is 1. The summed E-state index contributed by atoms with van der Waals surface area (Å²) in [5.74, 6) is 0.842. The van der Waals surface area contributed by atoms with Crippen molar-refractivity contribution in [3.63, 3.8) is 0 Å². The van der Waals surface area contributed by atoms with Crippen LogP contribution >= 0.6 is 0 Å². The SMILES string of the molecule is COCCNCc1nnnn1C1(C)CCOC1. The Morgan fingerprint density at radius 3 is 3.18 bits per heavy atom. The van der Waals surface area contributed by atoms with Gasteiger partial charge in [-0.3, -0.25) is 0 Å². The van der Waals surface area contributed by atoms with E-state index in [-0.39, 0.29) is 5.54 Å². The highest BCUT2D eigenvalue weighted by Crippen LogP contribution is 2.26. The first-order chi connectivity index (χ1) is 8.26. The molecular weight excluding hydrogens is 222 g/mol. The van der Waals surface area contributed by atoms with Crippen LogP contribution in [0, 0.1) is 0 Å². The van der Waals surface area contributed by atoms with E-state index >= 15 is 0 Å². The summed E-state index contributed by atoms with van der Waals surface area (Å²) in [6, 6.07) is 0. The van der Waals surface area contributed by atoms with Crippen LogP contribution < -0.4 is 5.32 Å². The first kappa shape index (κ1) is 12.4. The number of tetrazole rings is 1. The standard InChI is InChI=1S/C10H19N5O2/c1-10(3-5-17-8-10)15-9(12-13-14-15)7-11-4-6-16-2/h11H,3-8H2,1-2H3. The number of ether oxygens (including phenoxy) is 2. The third-order valence-corrected chi connectivity index (χ3v) is 3.01. The molecule has 1 atom stereocenters. The molecule has 2 heterocycles. The van der Waals surface area contributed by atoms with Gasteiger partial charge in [-0.15, -0.1) is 5.10 Å². The Kier molecular flexibility index (Phi) is 4.03. The molecular formula is C10H19N5O2. The first-order valence-electron chi connectivity index (χ1n) is 5.81. The van der Waals surface area contributed by atoms with E-state index in [1.54, 1.807) is 7.11 Å². The van der Waals surface area contributed by atoms with Gasteiger partial charge in [0.2, 0.25) is 0 Å². The van der Waals surface area contributed by atoms with Crippen LogP contribution in [0.5, 0.6) is 0 Å². The summed E-state index contributed by atoms with van der Waals surface area (Å²) in [5, 5.41) is 15.1. The molecule has 1 unspecified atom stereocenters. The molecule has 1 aliphatic heterocycles. The summed E-state index contributed by atoms with van der Waals surface area (Å²) in [7, 11) is 1.68. The topological polar surface area (TPSA) is 74.1 Å². The van der Waals surface area contributed by atoms with Crippen LogP contribution in [-0.4, -0.2) is 53.7 Å². The second-order valence-corrected chi connectivity index (χ2v) is 4.48. The average Bonchev–Trinajstić information content (AvgIpc) is 2.94. The molecule has 7 heteroatoms. The maximum absolute atomic E-state index is 5.43. The zero-order valence-electron chi connectivity index (χ0n) is 10.3. The van der Waals surface area contributed by atoms with E-state index in [4.69, 9.17) is 9.47 Å². The fourth-order valence-electron chi connectivity index (χ4n) is 1.93. The minimum atomic E-state index is -0.109. The molecule has 7 nitrogen and oxygen atoms in total. The number of aromatic nitrogens is 4. The zero-order valence-corrected chi connectivity index (χ0v) is 10.3. The van der Waals surface area contributed by atoms with Gasteiger partial charge in [0.25, 0.3) is 0 Å². The summed E-state index contributed by atoms with van der Waals surface area (Å²) in [5.41, 5.74) is -0.109. The Labute approximate surface area is 100 Å². The van der Waals surface area contributed by atoms with Gasteiger partial charge < -0.3 is 14.8 Å². The average molecular weight is 241 g/mol. The summed E-state index contributed by atoms with van der Waals surface area (Å²) in [6.45, 7) is 5.68. The van der Waals surface area contributed by atoms with Gasteiger partial charge in [0.05, 0.1) is 25.3 Å². The second kappa shape index (κ2) is 5.52. The van der Waals surface area contributed by atoms with Crippen LogP contribution in [0.4, 0.5) is 0 Å². The quantitative estimate of drug-likeness (QED) is 0.680. The molecule has 0 saturated carbocycles. The van der Waals surface area contributed by atoms with Crippen molar-refractivity contribution in [3.8, 4) is 0 Å². The monoisotopic (exact) mass is 241 g/mol. The molecule has 1 N–H and O–H groups in total. The maximum atomic E-state index is 5.43. The van der Waals surface area contributed by atoms with Crippen LogP contribution in [0.2, 0.25) is 0 Å². The van der Waals surface area contributed by atoms with E-state index in [2.05, 4.69) is 27.8 Å². The Bertz CT molecular complexity index is 348. The molecule has 17 heavy (non-hydrogen) atoms. The Balaban J connectivity index is 1.96. The molecule has 0 amide bonds. The van der Waals surface area contributed by atoms with Crippen molar-refractivity contribution < 1.29 is 9.47 Å².